The predicted octanol–water partition coefficient (Wildman–Crippen LogP) is 1.86. The molecule has 0 aliphatic heterocycles. The second-order valence-corrected chi connectivity index (χ2v) is 5.09. The molecule has 3 rings (SSSR count). The Morgan fingerprint density at radius 2 is 1.95 bits per heavy atom. The highest BCUT2D eigenvalue weighted by molar-refractivity contribution is 5.98. The predicted molar refractivity (Wildman–Crippen MR) is 81.3 cm³/mol. The number of aryl methyl sites for hydroxylation is 1. The van der Waals surface area contributed by atoms with E-state index in [0.29, 0.717) is 11.3 Å². The molecule has 2 aromatic heterocycles. The molecule has 0 bridgehead atoms. The van der Waals surface area contributed by atoms with Gasteiger partial charge in [-0.05, 0) is 12.1 Å². The summed E-state index contributed by atoms with van der Waals surface area (Å²) in [6, 6.07) is 13.0. The van der Waals surface area contributed by atoms with Gasteiger partial charge in [-0.15, -0.1) is 0 Å². The monoisotopic (exact) mass is 297 g/mol. The highest BCUT2D eigenvalue weighted by Gasteiger charge is 2.28. The molecular weight excluding hydrogens is 280 g/mol. The van der Waals surface area contributed by atoms with Crippen molar-refractivity contribution in [2.45, 2.75) is 6.10 Å². The van der Waals surface area contributed by atoms with E-state index in [0.717, 1.165) is 10.9 Å². The number of ether oxygens (including phenoxy) is 1. The second kappa shape index (κ2) is 5.61. The third-order valence-corrected chi connectivity index (χ3v) is 3.78. The first kappa shape index (κ1) is 14.3. The highest BCUT2D eigenvalue weighted by Crippen LogP contribution is 2.31. The lowest BCUT2D eigenvalue weighted by Gasteiger charge is -2.10. The fraction of sp³-hybridized carbons (Fsp3) is 0.176. The minimum atomic E-state index is -0.934. The fourth-order valence-corrected chi connectivity index (χ4v) is 2.68. The Morgan fingerprint density at radius 1 is 1.23 bits per heavy atom. The SMILES string of the molecule is COC(=O)c1[nH]c2ccccc2c1C(O)c1cccc[n+]1C. The maximum Gasteiger partial charge on any atom is 0.354 e. The number of aromatic nitrogens is 2. The van der Waals surface area contributed by atoms with Gasteiger partial charge in [-0.25, -0.2) is 9.36 Å². The second-order valence-electron chi connectivity index (χ2n) is 5.09. The van der Waals surface area contributed by atoms with Gasteiger partial charge in [0.2, 0.25) is 5.69 Å². The maximum atomic E-state index is 12.1. The van der Waals surface area contributed by atoms with Crippen LogP contribution < -0.4 is 4.57 Å². The molecule has 0 amide bonds. The van der Waals surface area contributed by atoms with Crippen LogP contribution in [-0.2, 0) is 11.8 Å². The van der Waals surface area contributed by atoms with Crippen LogP contribution in [0.25, 0.3) is 10.9 Å². The summed E-state index contributed by atoms with van der Waals surface area (Å²) < 4.78 is 6.66. The molecule has 1 unspecified atom stereocenters. The van der Waals surface area contributed by atoms with Gasteiger partial charge < -0.3 is 14.8 Å². The zero-order valence-corrected chi connectivity index (χ0v) is 12.4. The van der Waals surface area contributed by atoms with Crippen molar-refractivity contribution in [2.75, 3.05) is 7.11 Å². The molecule has 5 heteroatoms. The van der Waals surface area contributed by atoms with E-state index >= 15 is 0 Å². The molecule has 2 heterocycles. The van der Waals surface area contributed by atoms with Gasteiger partial charge in [0.25, 0.3) is 0 Å². The average molecular weight is 297 g/mol. The molecule has 0 fully saturated rings. The van der Waals surface area contributed by atoms with Crippen molar-refractivity contribution in [3.8, 4) is 0 Å². The van der Waals surface area contributed by atoms with Gasteiger partial charge in [-0.2, -0.15) is 0 Å². The van der Waals surface area contributed by atoms with Crippen molar-refractivity contribution < 1.29 is 19.2 Å². The number of carbonyl (C=O) groups is 1. The van der Waals surface area contributed by atoms with Crippen LogP contribution in [0.1, 0.15) is 27.8 Å². The standard InChI is InChI=1S/C17H16N2O3/c1-19-10-6-5-9-13(19)16(20)14-11-7-3-4-8-12(11)18-15(14)17(21)22-2/h3-10,16,20H,1-2H3/p+1. The summed E-state index contributed by atoms with van der Waals surface area (Å²) in [6.07, 6.45) is 0.919. The summed E-state index contributed by atoms with van der Waals surface area (Å²) in [6.45, 7) is 0. The van der Waals surface area contributed by atoms with Crippen molar-refractivity contribution in [2.24, 2.45) is 7.05 Å². The molecule has 2 N–H and O–H groups in total. The minimum absolute atomic E-state index is 0.278. The van der Waals surface area contributed by atoms with Gasteiger partial charge >= 0.3 is 5.97 Å². The smallest absolute Gasteiger partial charge is 0.354 e. The summed E-state index contributed by atoms with van der Waals surface area (Å²) in [7, 11) is 3.18. The molecule has 0 aliphatic carbocycles. The number of pyridine rings is 1. The number of esters is 1. The molecule has 1 aromatic carbocycles. The number of para-hydroxylation sites is 1. The summed E-state index contributed by atoms with van der Waals surface area (Å²) in [4.78, 5) is 15.1. The summed E-state index contributed by atoms with van der Waals surface area (Å²) in [5.74, 6) is -0.496. The highest BCUT2D eigenvalue weighted by atomic mass is 16.5. The largest absolute Gasteiger partial charge is 0.464 e. The molecule has 0 saturated heterocycles. The summed E-state index contributed by atoms with van der Waals surface area (Å²) in [5.41, 5.74) is 2.29. The number of H-pyrrole nitrogens is 1. The van der Waals surface area contributed by atoms with Crippen molar-refractivity contribution in [1.82, 2.24) is 4.98 Å². The Labute approximate surface area is 127 Å². The van der Waals surface area contributed by atoms with Gasteiger partial charge in [-0.1, -0.05) is 18.2 Å². The Morgan fingerprint density at radius 3 is 2.68 bits per heavy atom. The maximum absolute atomic E-state index is 12.1. The number of methoxy groups -OCH3 is 1. The van der Waals surface area contributed by atoms with E-state index in [4.69, 9.17) is 4.74 Å². The molecule has 0 aliphatic rings. The van der Waals surface area contributed by atoms with E-state index in [9.17, 15) is 9.90 Å². The van der Waals surface area contributed by atoms with Crippen LogP contribution in [0.4, 0.5) is 0 Å². The van der Waals surface area contributed by atoms with Crippen LogP contribution in [-0.4, -0.2) is 23.2 Å². The van der Waals surface area contributed by atoms with Crippen molar-refractivity contribution in [3.63, 3.8) is 0 Å². The number of fused-ring (bicyclic) bond motifs is 1. The lowest BCUT2D eigenvalue weighted by Crippen LogP contribution is -2.35. The van der Waals surface area contributed by atoms with E-state index < -0.39 is 12.1 Å². The first-order chi connectivity index (χ1) is 10.6. The molecule has 0 radical (unpaired) electrons. The number of hydrogen-bond acceptors (Lipinski definition) is 3. The average Bonchev–Trinajstić information content (AvgIpc) is 2.93. The van der Waals surface area contributed by atoms with E-state index in [2.05, 4.69) is 4.98 Å². The van der Waals surface area contributed by atoms with Crippen molar-refractivity contribution >= 4 is 16.9 Å². The first-order valence-electron chi connectivity index (χ1n) is 6.95. The van der Waals surface area contributed by atoms with Gasteiger partial charge in [0.1, 0.15) is 12.7 Å². The number of carbonyl (C=O) groups excluding carboxylic acids is 1. The van der Waals surface area contributed by atoms with Gasteiger partial charge in [0, 0.05) is 28.6 Å². The first-order valence-corrected chi connectivity index (χ1v) is 6.95. The Balaban J connectivity index is 2.24. The lowest BCUT2D eigenvalue weighted by atomic mass is 10.0. The third kappa shape index (κ3) is 2.25. The van der Waals surface area contributed by atoms with Crippen LogP contribution in [0.5, 0.6) is 0 Å². The Kier molecular flexibility index (Phi) is 3.65. The van der Waals surface area contributed by atoms with E-state index in [1.165, 1.54) is 7.11 Å². The van der Waals surface area contributed by atoms with Gasteiger partial charge in [0.15, 0.2) is 12.3 Å². The number of aliphatic hydroxyl groups excluding tert-OH is 1. The Bertz CT molecular complexity index is 839. The van der Waals surface area contributed by atoms with Crippen LogP contribution in [0.15, 0.2) is 48.7 Å². The molecule has 5 nitrogen and oxygen atoms in total. The van der Waals surface area contributed by atoms with Gasteiger partial charge in [-0.3, -0.25) is 0 Å². The minimum Gasteiger partial charge on any atom is -0.464 e. The molecule has 1 atom stereocenters. The van der Waals surface area contributed by atoms with Crippen molar-refractivity contribution in [3.05, 3.63) is 65.6 Å². The van der Waals surface area contributed by atoms with Crippen LogP contribution in [0.2, 0.25) is 0 Å². The molecule has 112 valence electrons. The van der Waals surface area contributed by atoms with E-state index in [1.807, 2.05) is 60.3 Å². The zero-order chi connectivity index (χ0) is 15.7. The number of benzene rings is 1. The molecule has 0 spiro atoms. The Hall–Kier alpha value is -2.66. The normalized spacial score (nSPS) is 12.3. The number of nitrogens with zero attached hydrogens (tertiary/aromatic N) is 1. The fourth-order valence-electron chi connectivity index (χ4n) is 2.68. The number of rotatable bonds is 3. The van der Waals surface area contributed by atoms with Crippen LogP contribution in [0, 0.1) is 0 Å². The summed E-state index contributed by atoms with van der Waals surface area (Å²) in [5, 5.41) is 11.6. The van der Waals surface area contributed by atoms with Gasteiger partial charge in [0.05, 0.1) is 7.11 Å². The molecule has 22 heavy (non-hydrogen) atoms. The third-order valence-electron chi connectivity index (χ3n) is 3.78. The van der Waals surface area contributed by atoms with E-state index in [-0.39, 0.29) is 5.69 Å². The number of aromatic amines is 1. The number of hydrogen-bond donors (Lipinski definition) is 2. The quantitative estimate of drug-likeness (QED) is 0.573. The zero-order valence-electron chi connectivity index (χ0n) is 12.4. The number of nitrogens with one attached hydrogen (secondary N) is 1. The van der Waals surface area contributed by atoms with Crippen LogP contribution in [0.3, 0.4) is 0 Å². The van der Waals surface area contributed by atoms with Crippen molar-refractivity contribution in [1.29, 1.82) is 0 Å². The van der Waals surface area contributed by atoms with Crippen LogP contribution >= 0.6 is 0 Å². The molecular formula is C17H17N2O3+. The topological polar surface area (TPSA) is 66.2 Å². The van der Waals surface area contributed by atoms with E-state index in [1.54, 1.807) is 0 Å². The lowest BCUT2D eigenvalue weighted by molar-refractivity contribution is -0.682. The number of aliphatic hydroxyl groups is 1. The summed E-state index contributed by atoms with van der Waals surface area (Å²) >= 11 is 0. The molecule has 3 aromatic rings. The molecule has 0 saturated carbocycles.